The van der Waals surface area contributed by atoms with Crippen LogP contribution in [-0.2, 0) is 4.79 Å². The number of carbonyl (C=O) groups is 2. The highest BCUT2D eigenvalue weighted by atomic mass is 127. The van der Waals surface area contributed by atoms with Crippen LogP contribution >= 0.6 is 24.0 Å². The smallest absolute Gasteiger partial charge is 0.324 e. The monoisotopic (exact) mass is 419 g/mol. The summed E-state index contributed by atoms with van der Waals surface area (Å²) in [6.07, 6.45) is 0. The lowest BCUT2D eigenvalue weighted by molar-refractivity contribution is -0.124. The van der Waals surface area contributed by atoms with Gasteiger partial charge in [-0.2, -0.15) is 0 Å². The van der Waals surface area contributed by atoms with Gasteiger partial charge in [0, 0.05) is 5.69 Å². The van der Waals surface area contributed by atoms with Crippen molar-refractivity contribution >= 4 is 47.6 Å². The van der Waals surface area contributed by atoms with Crippen LogP contribution in [0.4, 0.5) is 10.5 Å². The molecule has 4 N–H and O–H groups in total. The third kappa shape index (κ3) is 4.76. The maximum absolute atomic E-state index is 11.3. The van der Waals surface area contributed by atoms with Gasteiger partial charge in [0.15, 0.2) is 5.96 Å². The van der Waals surface area contributed by atoms with E-state index in [4.69, 9.17) is 10.5 Å². The van der Waals surface area contributed by atoms with Gasteiger partial charge in [-0.15, -0.1) is 24.0 Å². The van der Waals surface area contributed by atoms with E-state index in [9.17, 15) is 9.59 Å². The predicted octanol–water partition coefficient (Wildman–Crippen LogP) is 0.592. The van der Waals surface area contributed by atoms with E-state index in [1.165, 1.54) is 0 Å². The van der Waals surface area contributed by atoms with Crippen molar-refractivity contribution in [2.75, 3.05) is 32.1 Å². The van der Waals surface area contributed by atoms with Gasteiger partial charge in [0.25, 0.3) is 0 Å². The molecule has 2 rings (SSSR count). The average Bonchev–Trinajstić information content (AvgIpc) is 2.80. The molecular weight excluding hydrogens is 401 g/mol. The number of hydrogen-bond donors (Lipinski definition) is 3. The zero-order valence-electron chi connectivity index (χ0n) is 12.0. The first-order valence-corrected chi connectivity index (χ1v) is 6.39. The summed E-state index contributed by atoms with van der Waals surface area (Å²) in [4.78, 5) is 27.8. The lowest BCUT2D eigenvalue weighted by atomic mass is 10.3. The van der Waals surface area contributed by atoms with E-state index < -0.39 is 6.03 Å². The molecule has 0 aromatic heterocycles. The quantitative estimate of drug-likeness (QED) is 0.280. The van der Waals surface area contributed by atoms with Crippen LogP contribution < -0.4 is 21.1 Å². The van der Waals surface area contributed by atoms with Crippen molar-refractivity contribution in [2.45, 2.75) is 0 Å². The van der Waals surface area contributed by atoms with E-state index in [0.29, 0.717) is 0 Å². The molecule has 1 fully saturated rings. The maximum Gasteiger partial charge on any atom is 0.324 e. The lowest BCUT2D eigenvalue weighted by Gasteiger charge is -2.11. The third-order valence-corrected chi connectivity index (χ3v) is 2.91. The average molecular weight is 419 g/mol. The van der Waals surface area contributed by atoms with Crippen LogP contribution in [0.5, 0.6) is 5.75 Å². The number of urea groups is 1. The molecular formula is C13H18IN5O3. The largest absolute Gasteiger partial charge is 0.497 e. The van der Waals surface area contributed by atoms with Crippen LogP contribution in [0.2, 0.25) is 0 Å². The van der Waals surface area contributed by atoms with Crippen LogP contribution in [0.15, 0.2) is 29.3 Å². The molecule has 0 unspecified atom stereocenters. The number of ether oxygens (including phenoxy) is 1. The number of amides is 3. The highest BCUT2D eigenvalue weighted by Gasteiger charge is 2.27. The first kappa shape index (κ1) is 18.0. The number of nitrogens with one attached hydrogen (secondary N) is 2. The molecule has 0 aliphatic carbocycles. The number of benzene rings is 1. The second-order valence-corrected chi connectivity index (χ2v) is 4.32. The molecule has 1 aromatic carbocycles. The number of rotatable bonds is 5. The molecule has 22 heavy (non-hydrogen) atoms. The second kappa shape index (κ2) is 8.41. The summed E-state index contributed by atoms with van der Waals surface area (Å²) in [7, 11) is 1.59. The molecule has 1 aromatic rings. The van der Waals surface area contributed by atoms with Crippen LogP contribution in [-0.4, -0.2) is 49.5 Å². The van der Waals surface area contributed by atoms with Crippen molar-refractivity contribution in [3.63, 3.8) is 0 Å². The van der Waals surface area contributed by atoms with Gasteiger partial charge in [0.1, 0.15) is 5.75 Å². The Morgan fingerprint density at radius 3 is 2.64 bits per heavy atom. The van der Waals surface area contributed by atoms with Crippen LogP contribution in [0.3, 0.4) is 0 Å². The Hall–Kier alpha value is -2.04. The van der Waals surface area contributed by atoms with Crippen LogP contribution in [0.1, 0.15) is 0 Å². The van der Waals surface area contributed by atoms with Gasteiger partial charge in [-0.25, -0.2) is 4.79 Å². The zero-order chi connectivity index (χ0) is 15.2. The number of hydrogen-bond acceptors (Lipinski definition) is 4. The number of nitrogens with zero attached hydrogens (tertiary/aromatic N) is 2. The van der Waals surface area contributed by atoms with E-state index in [1.807, 2.05) is 0 Å². The van der Waals surface area contributed by atoms with Crippen molar-refractivity contribution in [3.8, 4) is 5.75 Å². The number of aliphatic imine (C=N–C) groups is 1. The third-order valence-electron chi connectivity index (χ3n) is 2.91. The minimum absolute atomic E-state index is 0. The fourth-order valence-corrected chi connectivity index (χ4v) is 1.81. The van der Waals surface area contributed by atoms with Crippen LogP contribution in [0, 0.1) is 0 Å². The molecule has 1 aliphatic heterocycles. The van der Waals surface area contributed by atoms with E-state index in [-0.39, 0.29) is 55.5 Å². The second-order valence-electron chi connectivity index (χ2n) is 4.32. The first-order valence-electron chi connectivity index (χ1n) is 6.39. The molecule has 0 radical (unpaired) electrons. The molecule has 120 valence electrons. The maximum atomic E-state index is 11.3. The number of methoxy groups -OCH3 is 1. The Balaban J connectivity index is 0.00000242. The molecule has 1 heterocycles. The molecule has 1 saturated heterocycles. The van der Waals surface area contributed by atoms with Crippen molar-refractivity contribution < 1.29 is 14.3 Å². The minimum Gasteiger partial charge on any atom is -0.497 e. The van der Waals surface area contributed by atoms with Gasteiger partial charge >= 0.3 is 6.03 Å². The van der Waals surface area contributed by atoms with Gasteiger partial charge in [0.2, 0.25) is 5.91 Å². The zero-order valence-corrected chi connectivity index (χ0v) is 14.4. The Morgan fingerprint density at radius 1 is 1.41 bits per heavy atom. The van der Waals surface area contributed by atoms with E-state index in [1.54, 1.807) is 31.4 Å². The summed E-state index contributed by atoms with van der Waals surface area (Å²) < 4.78 is 5.05. The van der Waals surface area contributed by atoms with Crippen molar-refractivity contribution in [3.05, 3.63) is 24.3 Å². The summed E-state index contributed by atoms with van der Waals surface area (Å²) >= 11 is 0. The highest BCUT2D eigenvalue weighted by Crippen LogP contribution is 2.14. The number of guanidine groups is 1. The van der Waals surface area contributed by atoms with Crippen molar-refractivity contribution in [1.82, 2.24) is 10.2 Å². The van der Waals surface area contributed by atoms with E-state index in [0.717, 1.165) is 16.3 Å². The summed E-state index contributed by atoms with van der Waals surface area (Å²) in [6, 6.07) is 6.81. The molecule has 0 saturated carbocycles. The number of anilines is 1. The summed E-state index contributed by atoms with van der Waals surface area (Å²) in [5.41, 5.74) is 6.50. The fraction of sp³-hybridized carbons (Fsp3) is 0.308. The number of halogens is 1. The molecule has 1 aliphatic rings. The summed E-state index contributed by atoms with van der Waals surface area (Å²) in [5.74, 6) is 0.707. The Morgan fingerprint density at radius 2 is 2.09 bits per heavy atom. The van der Waals surface area contributed by atoms with E-state index >= 15 is 0 Å². The summed E-state index contributed by atoms with van der Waals surface area (Å²) in [6.45, 7) is 0.492. The van der Waals surface area contributed by atoms with Gasteiger partial charge in [0.05, 0.1) is 26.7 Å². The molecule has 9 heteroatoms. The summed E-state index contributed by atoms with van der Waals surface area (Å²) in [5, 5.41) is 5.35. The van der Waals surface area contributed by atoms with Gasteiger partial charge in [-0.05, 0) is 24.3 Å². The number of carbonyl (C=O) groups excluding carboxylic acids is 2. The highest BCUT2D eigenvalue weighted by molar-refractivity contribution is 14.0. The lowest BCUT2D eigenvalue weighted by Crippen LogP contribution is -2.34. The normalized spacial score (nSPS) is 14.4. The van der Waals surface area contributed by atoms with Crippen molar-refractivity contribution in [2.24, 2.45) is 10.7 Å². The SMILES string of the molecule is COc1ccc(NC(N)=NCCN2C(=O)CNC2=O)cc1.I. The molecule has 0 bridgehead atoms. The standard InChI is InChI=1S/C13H17N5O3.HI/c1-21-10-4-2-9(3-5-10)17-12(14)15-6-7-18-11(19)8-16-13(18)20;/h2-5H,6-8H2,1H3,(H,16,20)(H3,14,15,17);1H. The number of nitrogens with two attached hydrogens (primary N) is 1. The molecule has 3 amide bonds. The van der Waals surface area contributed by atoms with E-state index in [2.05, 4.69) is 15.6 Å². The number of imide groups is 1. The van der Waals surface area contributed by atoms with Gasteiger partial charge < -0.3 is 21.1 Å². The van der Waals surface area contributed by atoms with Crippen molar-refractivity contribution in [1.29, 1.82) is 0 Å². The molecule has 0 spiro atoms. The topological polar surface area (TPSA) is 109 Å². The minimum atomic E-state index is -0.392. The predicted molar refractivity (Wildman–Crippen MR) is 93.6 cm³/mol. The fourth-order valence-electron chi connectivity index (χ4n) is 1.81. The Labute approximate surface area is 145 Å². The first-order chi connectivity index (χ1) is 10.1. The van der Waals surface area contributed by atoms with Gasteiger partial charge in [-0.1, -0.05) is 0 Å². The van der Waals surface area contributed by atoms with Crippen LogP contribution in [0.25, 0.3) is 0 Å². The Bertz CT molecular complexity index is 545. The Kier molecular flexibility index (Phi) is 6.89. The van der Waals surface area contributed by atoms with Gasteiger partial charge in [-0.3, -0.25) is 14.7 Å². The molecule has 0 atom stereocenters. The molecule has 8 nitrogen and oxygen atoms in total.